The molecule has 0 saturated carbocycles. The van der Waals surface area contributed by atoms with Crippen molar-refractivity contribution in [2.75, 3.05) is 0 Å². The van der Waals surface area contributed by atoms with Gasteiger partial charge in [0.05, 0.1) is 5.57 Å². The Morgan fingerprint density at radius 2 is 2.22 bits per heavy atom. The number of aromatic hydroxyl groups is 1. The molecule has 0 amide bonds. The van der Waals surface area contributed by atoms with Gasteiger partial charge >= 0.3 is 0 Å². The Balaban J connectivity index is 2.50. The number of ether oxygens (including phenoxy) is 1. The van der Waals surface area contributed by atoms with E-state index in [1.54, 1.807) is 12.1 Å². The first-order valence-electron chi connectivity index (χ1n) is 5.93. The summed E-state index contributed by atoms with van der Waals surface area (Å²) in [6.45, 7) is 4.20. The third-order valence-corrected chi connectivity index (χ3v) is 3.03. The second-order valence-electron chi connectivity index (χ2n) is 4.90. The van der Waals surface area contributed by atoms with E-state index >= 15 is 0 Å². The number of hydrogen-bond acceptors (Lipinski definition) is 4. The van der Waals surface area contributed by atoms with Crippen molar-refractivity contribution in [2.45, 2.75) is 26.2 Å². The zero-order valence-corrected chi connectivity index (χ0v) is 10.5. The van der Waals surface area contributed by atoms with Gasteiger partial charge in [-0.1, -0.05) is 19.9 Å². The van der Waals surface area contributed by atoms with E-state index in [9.17, 15) is 10.4 Å². The Labute approximate surface area is 106 Å². The van der Waals surface area contributed by atoms with Crippen molar-refractivity contribution in [1.29, 1.82) is 5.26 Å². The van der Waals surface area contributed by atoms with Crippen LogP contribution < -0.4 is 10.5 Å². The summed E-state index contributed by atoms with van der Waals surface area (Å²) < 4.78 is 5.40. The summed E-state index contributed by atoms with van der Waals surface area (Å²) in [6, 6.07) is 7.06. The number of fused-ring (bicyclic) bond motifs is 1. The summed E-state index contributed by atoms with van der Waals surface area (Å²) in [5.74, 6) is 1.19. The normalized spacial score (nSPS) is 18.2. The van der Waals surface area contributed by atoms with Gasteiger partial charge in [-0.05, 0) is 18.4 Å². The van der Waals surface area contributed by atoms with Gasteiger partial charge < -0.3 is 15.6 Å². The summed E-state index contributed by atoms with van der Waals surface area (Å²) in [5, 5.41) is 18.7. The smallest absolute Gasteiger partial charge is 0.205 e. The number of rotatable bonds is 2. The predicted molar refractivity (Wildman–Crippen MR) is 67.8 cm³/mol. The number of allylic oxidation sites excluding steroid dienone is 1. The molecule has 4 nitrogen and oxygen atoms in total. The van der Waals surface area contributed by atoms with Crippen LogP contribution in [0.15, 0.2) is 29.7 Å². The molecule has 4 heteroatoms. The van der Waals surface area contributed by atoms with Gasteiger partial charge in [0.1, 0.15) is 17.6 Å². The van der Waals surface area contributed by atoms with E-state index in [0.29, 0.717) is 17.2 Å². The van der Waals surface area contributed by atoms with Crippen LogP contribution in [0.3, 0.4) is 0 Å². The molecule has 3 N–H and O–H groups in total. The molecule has 1 aliphatic rings. The summed E-state index contributed by atoms with van der Waals surface area (Å²) in [4.78, 5) is 0. The van der Waals surface area contributed by atoms with E-state index in [1.807, 2.05) is 0 Å². The second-order valence-corrected chi connectivity index (χ2v) is 4.90. The van der Waals surface area contributed by atoms with Crippen molar-refractivity contribution in [3.63, 3.8) is 0 Å². The molecule has 0 bridgehead atoms. The molecule has 1 atom stereocenters. The highest BCUT2D eigenvalue weighted by Crippen LogP contribution is 2.42. The molecule has 0 aliphatic carbocycles. The number of benzene rings is 1. The first-order chi connectivity index (χ1) is 8.52. The fraction of sp³-hybridized carbons (Fsp3) is 0.357. The molecule has 0 saturated heterocycles. The molecule has 0 aromatic heterocycles. The zero-order valence-electron chi connectivity index (χ0n) is 10.5. The maximum Gasteiger partial charge on any atom is 0.205 e. The van der Waals surface area contributed by atoms with Crippen LogP contribution in [0, 0.1) is 17.2 Å². The SMILES string of the molecule is CC(C)CC1C(C#N)=C(N)Oc2cc(O)ccc21. The van der Waals surface area contributed by atoms with Crippen LogP contribution >= 0.6 is 0 Å². The molecule has 0 radical (unpaired) electrons. The van der Waals surface area contributed by atoms with E-state index in [4.69, 9.17) is 10.5 Å². The fourth-order valence-corrected chi connectivity index (χ4v) is 2.25. The van der Waals surface area contributed by atoms with Crippen LogP contribution in [0.25, 0.3) is 0 Å². The Morgan fingerprint density at radius 3 is 2.83 bits per heavy atom. The highest BCUT2D eigenvalue weighted by atomic mass is 16.5. The van der Waals surface area contributed by atoms with Crippen molar-refractivity contribution < 1.29 is 9.84 Å². The standard InChI is InChI=1S/C14H16N2O2/c1-8(2)5-11-10-4-3-9(17)6-13(10)18-14(16)12(11)7-15/h3-4,6,8,11,17H,5,16H2,1-2H3. The van der Waals surface area contributed by atoms with Gasteiger partial charge in [0.25, 0.3) is 0 Å². The maximum absolute atomic E-state index is 9.46. The Kier molecular flexibility index (Phi) is 3.15. The van der Waals surface area contributed by atoms with Gasteiger partial charge in [0, 0.05) is 17.5 Å². The lowest BCUT2D eigenvalue weighted by molar-refractivity contribution is 0.373. The topological polar surface area (TPSA) is 79.3 Å². The highest BCUT2D eigenvalue weighted by molar-refractivity contribution is 5.52. The van der Waals surface area contributed by atoms with Crippen molar-refractivity contribution in [3.05, 3.63) is 35.2 Å². The average molecular weight is 244 g/mol. The molecular weight excluding hydrogens is 228 g/mol. The third kappa shape index (κ3) is 2.12. The Bertz CT molecular complexity index is 541. The minimum atomic E-state index is -0.0562. The molecule has 1 aliphatic heterocycles. The lowest BCUT2D eigenvalue weighted by Crippen LogP contribution is -2.21. The molecule has 0 spiro atoms. The fourth-order valence-electron chi connectivity index (χ4n) is 2.25. The number of phenols is 1. The molecule has 1 aromatic carbocycles. The molecule has 0 fully saturated rings. The second kappa shape index (κ2) is 4.61. The van der Waals surface area contributed by atoms with Crippen LogP contribution in [-0.4, -0.2) is 5.11 Å². The molecule has 1 aromatic rings. The van der Waals surface area contributed by atoms with E-state index in [1.165, 1.54) is 6.07 Å². The van der Waals surface area contributed by atoms with Crippen LogP contribution in [-0.2, 0) is 0 Å². The average Bonchev–Trinajstić information content (AvgIpc) is 2.27. The van der Waals surface area contributed by atoms with Crippen LogP contribution in [0.4, 0.5) is 0 Å². The Morgan fingerprint density at radius 1 is 1.50 bits per heavy atom. The first-order valence-corrected chi connectivity index (χ1v) is 5.93. The van der Waals surface area contributed by atoms with Gasteiger partial charge in [0.2, 0.25) is 5.88 Å². The lowest BCUT2D eigenvalue weighted by Gasteiger charge is -2.27. The van der Waals surface area contributed by atoms with Crippen molar-refractivity contribution in [2.24, 2.45) is 11.7 Å². The minimum absolute atomic E-state index is 0.0562. The Hall–Kier alpha value is -2.15. The lowest BCUT2D eigenvalue weighted by atomic mass is 9.83. The summed E-state index contributed by atoms with van der Waals surface area (Å²) in [5.41, 5.74) is 7.16. The quantitative estimate of drug-likeness (QED) is 0.838. The number of hydrogen-bond donors (Lipinski definition) is 2. The minimum Gasteiger partial charge on any atom is -0.508 e. The molecular formula is C14H16N2O2. The van der Waals surface area contributed by atoms with Gasteiger partial charge in [-0.15, -0.1) is 0 Å². The predicted octanol–water partition coefficient (Wildman–Crippen LogP) is 2.61. The maximum atomic E-state index is 9.46. The molecule has 1 heterocycles. The molecule has 18 heavy (non-hydrogen) atoms. The zero-order chi connectivity index (χ0) is 13.3. The van der Waals surface area contributed by atoms with Crippen molar-refractivity contribution >= 4 is 0 Å². The van der Waals surface area contributed by atoms with Crippen LogP contribution in [0.1, 0.15) is 31.7 Å². The largest absolute Gasteiger partial charge is 0.508 e. The van der Waals surface area contributed by atoms with E-state index in [-0.39, 0.29) is 17.6 Å². The van der Waals surface area contributed by atoms with Gasteiger partial charge in [-0.2, -0.15) is 5.26 Å². The monoisotopic (exact) mass is 244 g/mol. The highest BCUT2D eigenvalue weighted by Gasteiger charge is 2.29. The summed E-state index contributed by atoms with van der Waals surface area (Å²) >= 11 is 0. The number of nitriles is 1. The molecule has 1 unspecified atom stereocenters. The van der Waals surface area contributed by atoms with Crippen LogP contribution in [0.2, 0.25) is 0 Å². The molecule has 94 valence electrons. The van der Waals surface area contributed by atoms with E-state index < -0.39 is 0 Å². The molecule has 2 rings (SSSR count). The first kappa shape index (κ1) is 12.3. The van der Waals surface area contributed by atoms with E-state index in [2.05, 4.69) is 19.9 Å². The summed E-state index contributed by atoms with van der Waals surface area (Å²) in [6.07, 6.45) is 0.824. The van der Waals surface area contributed by atoms with Gasteiger partial charge in [-0.25, -0.2) is 0 Å². The number of nitrogens with two attached hydrogens (primary N) is 1. The summed E-state index contributed by atoms with van der Waals surface area (Å²) in [7, 11) is 0. The number of phenolic OH excluding ortho intramolecular Hbond substituents is 1. The van der Waals surface area contributed by atoms with Crippen LogP contribution in [0.5, 0.6) is 11.5 Å². The number of nitrogens with zero attached hydrogens (tertiary/aromatic N) is 1. The van der Waals surface area contributed by atoms with Crippen molar-refractivity contribution in [1.82, 2.24) is 0 Å². The van der Waals surface area contributed by atoms with Crippen molar-refractivity contribution in [3.8, 4) is 17.6 Å². The van der Waals surface area contributed by atoms with Gasteiger partial charge in [-0.3, -0.25) is 0 Å². The van der Waals surface area contributed by atoms with Gasteiger partial charge in [0.15, 0.2) is 0 Å². The van der Waals surface area contributed by atoms with E-state index in [0.717, 1.165) is 12.0 Å². The third-order valence-electron chi connectivity index (χ3n) is 3.03.